The first-order chi connectivity index (χ1) is 9.95. The van der Waals surface area contributed by atoms with Gasteiger partial charge < -0.3 is 10.2 Å². The van der Waals surface area contributed by atoms with Crippen LogP contribution in [0.3, 0.4) is 0 Å². The molecule has 0 aromatic heterocycles. The summed E-state index contributed by atoms with van der Waals surface area (Å²) < 4.78 is 0. The van der Waals surface area contributed by atoms with Crippen molar-refractivity contribution in [3.05, 3.63) is 35.9 Å². The second-order valence-corrected chi connectivity index (χ2v) is 5.42. The summed E-state index contributed by atoms with van der Waals surface area (Å²) in [5.41, 5.74) is 1.08. The molecule has 0 spiro atoms. The van der Waals surface area contributed by atoms with Crippen LogP contribution in [0.4, 0.5) is 0 Å². The topological polar surface area (TPSA) is 49.4 Å². The lowest BCUT2D eigenvalue weighted by molar-refractivity contribution is -0.131. The zero-order valence-electron chi connectivity index (χ0n) is 13.4. The first kappa shape index (κ1) is 17.2. The normalized spacial score (nSPS) is 13.3. The van der Waals surface area contributed by atoms with Gasteiger partial charge in [0.15, 0.2) is 0 Å². The van der Waals surface area contributed by atoms with Crippen LogP contribution in [-0.2, 0) is 9.59 Å². The summed E-state index contributed by atoms with van der Waals surface area (Å²) in [5, 5.41) is 2.97. The minimum Gasteiger partial charge on any atom is -0.350 e. The number of rotatable bonds is 7. The summed E-state index contributed by atoms with van der Waals surface area (Å²) in [4.78, 5) is 25.4. The van der Waals surface area contributed by atoms with Crippen molar-refractivity contribution in [2.45, 2.75) is 52.6 Å². The van der Waals surface area contributed by atoms with Crippen molar-refractivity contribution in [3.63, 3.8) is 0 Å². The molecule has 2 amide bonds. The maximum Gasteiger partial charge on any atom is 0.222 e. The van der Waals surface area contributed by atoms with E-state index < -0.39 is 0 Å². The minimum absolute atomic E-state index is 0.0203. The van der Waals surface area contributed by atoms with Gasteiger partial charge in [0.05, 0.1) is 6.04 Å². The molecule has 0 radical (unpaired) electrons. The molecule has 0 aliphatic carbocycles. The van der Waals surface area contributed by atoms with Gasteiger partial charge in [-0.3, -0.25) is 9.59 Å². The quantitative estimate of drug-likeness (QED) is 0.839. The molecule has 0 bridgehead atoms. The number of amides is 2. The van der Waals surface area contributed by atoms with Gasteiger partial charge >= 0.3 is 0 Å². The molecule has 0 aliphatic rings. The van der Waals surface area contributed by atoms with Gasteiger partial charge in [-0.25, -0.2) is 0 Å². The van der Waals surface area contributed by atoms with E-state index in [2.05, 4.69) is 5.32 Å². The molecule has 4 nitrogen and oxygen atoms in total. The maximum atomic E-state index is 12.0. The number of carbonyl (C=O) groups excluding carboxylic acids is 2. The number of hydrogen-bond acceptors (Lipinski definition) is 2. The van der Waals surface area contributed by atoms with E-state index in [9.17, 15) is 9.59 Å². The molecular weight excluding hydrogens is 264 g/mol. The standard InChI is InChI=1S/C17H26N2O2/c1-5-13(2)19(15(4)20)12-11-17(21)18-14(3)16-9-7-6-8-10-16/h6-10,13-14H,5,11-12H2,1-4H3,(H,18,21). The van der Waals surface area contributed by atoms with E-state index in [4.69, 9.17) is 0 Å². The molecule has 1 rings (SSSR count). The highest BCUT2D eigenvalue weighted by molar-refractivity contribution is 5.78. The third-order valence-electron chi connectivity index (χ3n) is 3.78. The average Bonchev–Trinajstić information content (AvgIpc) is 2.47. The molecule has 2 unspecified atom stereocenters. The predicted molar refractivity (Wildman–Crippen MR) is 84.8 cm³/mol. The molecule has 0 heterocycles. The van der Waals surface area contributed by atoms with E-state index in [1.165, 1.54) is 0 Å². The zero-order chi connectivity index (χ0) is 15.8. The summed E-state index contributed by atoms with van der Waals surface area (Å²) in [6, 6.07) is 10.00. The summed E-state index contributed by atoms with van der Waals surface area (Å²) >= 11 is 0. The molecule has 116 valence electrons. The number of nitrogens with zero attached hydrogens (tertiary/aromatic N) is 1. The van der Waals surface area contributed by atoms with Crippen molar-refractivity contribution in [2.75, 3.05) is 6.54 Å². The highest BCUT2D eigenvalue weighted by Crippen LogP contribution is 2.11. The molecule has 1 N–H and O–H groups in total. The van der Waals surface area contributed by atoms with Crippen molar-refractivity contribution in [2.24, 2.45) is 0 Å². The van der Waals surface area contributed by atoms with E-state index in [1.807, 2.05) is 51.1 Å². The Morgan fingerprint density at radius 2 is 1.81 bits per heavy atom. The van der Waals surface area contributed by atoms with Gasteiger partial charge in [-0.05, 0) is 25.8 Å². The number of nitrogens with one attached hydrogen (secondary N) is 1. The molecule has 0 saturated carbocycles. The van der Waals surface area contributed by atoms with Crippen LogP contribution >= 0.6 is 0 Å². The lowest BCUT2D eigenvalue weighted by Gasteiger charge is -2.27. The maximum absolute atomic E-state index is 12.0. The molecule has 2 atom stereocenters. The molecule has 1 aromatic rings. The van der Waals surface area contributed by atoms with Gasteiger partial charge in [0, 0.05) is 25.9 Å². The van der Waals surface area contributed by atoms with Crippen molar-refractivity contribution in [3.8, 4) is 0 Å². The number of carbonyl (C=O) groups is 2. The van der Waals surface area contributed by atoms with E-state index >= 15 is 0 Å². The Hall–Kier alpha value is -1.84. The minimum atomic E-state index is -0.0269. The van der Waals surface area contributed by atoms with Gasteiger partial charge in [-0.15, -0.1) is 0 Å². The second-order valence-electron chi connectivity index (χ2n) is 5.42. The number of benzene rings is 1. The molecule has 4 heteroatoms. The summed E-state index contributed by atoms with van der Waals surface area (Å²) in [6.45, 7) is 8.03. The molecule has 0 aliphatic heterocycles. The fourth-order valence-electron chi connectivity index (χ4n) is 2.27. The summed E-state index contributed by atoms with van der Waals surface area (Å²) in [7, 11) is 0. The lowest BCUT2D eigenvalue weighted by Crippen LogP contribution is -2.39. The largest absolute Gasteiger partial charge is 0.350 e. The van der Waals surface area contributed by atoms with Gasteiger partial charge in [-0.1, -0.05) is 37.3 Å². The first-order valence-corrected chi connectivity index (χ1v) is 7.57. The van der Waals surface area contributed by atoms with Crippen LogP contribution in [0.2, 0.25) is 0 Å². The monoisotopic (exact) mass is 290 g/mol. The Labute approximate surface area is 127 Å². The molecule has 1 aromatic carbocycles. The SMILES string of the molecule is CCC(C)N(CCC(=O)NC(C)c1ccccc1)C(C)=O. The highest BCUT2D eigenvalue weighted by atomic mass is 16.2. The predicted octanol–water partition coefficient (Wildman–Crippen LogP) is 2.90. The van der Waals surface area contributed by atoms with E-state index in [-0.39, 0.29) is 23.9 Å². The van der Waals surface area contributed by atoms with Crippen LogP contribution in [-0.4, -0.2) is 29.3 Å². The van der Waals surface area contributed by atoms with Gasteiger partial charge in [-0.2, -0.15) is 0 Å². The smallest absolute Gasteiger partial charge is 0.222 e. The van der Waals surface area contributed by atoms with Gasteiger partial charge in [0.25, 0.3) is 0 Å². The van der Waals surface area contributed by atoms with Crippen LogP contribution < -0.4 is 5.32 Å². The van der Waals surface area contributed by atoms with E-state index in [1.54, 1.807) is 11.8 Å². The first-order valence-electron chi connectivity index (χ1n) is 7.57. The van der Waals surface area contributed by atoms with Crippen LogP contribution in [0.15, 0.2) is 30.3 Å². The van der Waals surface area contributed by atoms with Crippen molar-refractivity contribution >= 4 is 11.8 Å². The lowest BCUT2D eigenvalue weighted by atomic mass is 10.1. The van der Waals surface area contributed by atoms with Crippen LogP contribution in [0.5, 0.6) is 0 Å². The Morgan fingerprint density at radius 3 is 2.33 bits per heavy atom. The Morgan fingerprint density at radius 1 is 1.19 bits per heavy atom. The van der Waals surface area contributed by atoms with Crippen LogP contribution in [0.1, 0.15) is 52.1 Å². The summed E-state index contributed by atoms with van der Waals surface area (Å²) in [5.74, 6) is -0.00540. The van der Waals surface area contributed by atoms with Crippen molar-refractivity contribution < 1.29 is 9.59 Å². The van der Waals surface area contributed by atoms with Crippen molar-refractivity contribution in [1.29, 1.82) is 0 Å². The fraction of sp³-hybridized carbons (Fsp3) is 0.529. The molecule has 0 saturated heterocycles. The molecular formula is C17H26N2O2. The highest BCUT2D eigenvalue weighted by Gasteiger charge is 2.17. The zero-order valence-corrected chi connectivity index (χ0v) is 13.4. The van der Waals surface area contributed by atoms with Crippen molar-refractivity contribution in [1.82, 2.24) is 10.2 Å². The third-order valence-corrected chi connectivity index (χ3v) is 3.78. The average molecular weight is 290 g/mol. The Bertz CT molecular complexity index is 459. The third kappa shape index (κ3) is 5.58. The van der Waals surface area contributed by atoms with Gasteiger partial charge in [0.2, 0.25) is 11.8 Å². The second kappa shape index (κ2) is 8.45. The van der Waals surface area contributed by atoms with Gasteiger partial charge in [0.1, 0.15) is 0 Å². The van der Waals surface area contributed by atoms with Crippen LogP contribution in [0, 0.1) is 0 Å². The molecule has 0 fully saturated rings. The van der Waals surface area contributed by atoms with E-state index in [0.717, 1.165) is 12.0 Å². The van der Waals surface area contributed by atoms with Crippen LogP contribution in [0.25, 0.3) is 0 Å². The Balaban J connectivity index is 2.48. The number of hydrogen-bond donors (Lipinski definition) is 1. The molecule has 21 heavy (non-hydrogen) atoms. The fourth-order valence-corrected chi connectivity index (χ4v) is 2.27. The summed E-state index contributed by atoms with van der Waals surface area (Å²) in [6.07, 6.45) is 1.22. The Kier molecular flexibility index (Phi) is 6.92. The van der Waals surface area contributed by atoms with E-state index in [0.29, 0.717) is 13.0 Å².